The normalized spacial score (nSPS) is 12.6. The molecule has 0 saturated carbocycles. The van der Waals surface area contributed by atoms with Crippen molar-refractivity contribution < 1.29 is 28.2 Å². The Kier molecular flexibility index (Phi) is 5.84. The second-order valence-electron chi connectivity index (χ2n) is 5.88. The fourth-order valence-corrected chi connectivity index (χ4v) is 1.89. The quantitative estimate of drug-likeness (QED) is 0.468. The summed E-state index contributed by atoms with van der Waals surface area (Å²) in [6, 6.07) is 2.39. The molecule has 0 aliphatic heterocycles. The number of esters is 2. The average molecular weight is 313 g/mol. The van der Waals surface area contributed by atoms with Crippen LogP contribution in [0.5, 0.6) is 0 Å². The van der Waals surface area contributed by atoms with Gasteiger partial charge in [0.2, 0.25) is 6.20 Å². The van der Waals surface area contributed by atoms with Crippen LogP contribution in [0.2, 0.25) is 0 Å². The van der Waals surface area contributed by atoms with Crippen molar-refractivity contribution in [3.63, 3.8) is 0 Å². The highest BCUT2D eigenvalue weighted by Gasteiger charge is 2.28. The lowest BCUT2D eigenvalue weighted by Gasteiger charge is -2.21. The van der Waals surface area contributed by atoms with Crippen molar-refractivity contribution in [1.29, 1.82) is 0 Å². The molecular formula is C15H20FNO5. The number of ether oxygens (including phenoxy) is 2. The summed E-state index contributed by atoms with van der Waals surface area (Å²) in [6.45, 7) is 5.14. The van der Waals surface area contributed by atoms with Crippen LogP contribution in [-0.2, 0) is 25.5 Å². The predicted molar refractivity (Wildman–Crippen MR) is 75.0 cm³/mol. The Labute approximate surface area is 128 Å². The minimum Gasteiger partial charge on any atom is -0.618 e. The van der Waals surface area contributed by atoms with Gasteiger partial charge in [0.25, 0.3) is 0 Å². The van der Waals surface area contributed by atoms with Crippen LogP contribution in [0.15, 0.2) is 18.3 Å². The number of pyridine rings is 1. The zero-order valence-electron chi connectivity index (χ0n) is 13.1. The van der Waals surface area contributed by atoms with E-state index in [0.717, 1.165) is 12.3 Å². The first kappa shape index (κ1) is 17.9. The van der Waals surface area contributed by atoms with Crippen molar-refractivity contribution in [3.8, 4) is 0 Å². The molecule has 0 aliphatic rings. The molecule has 0 aromatic carbocycles. The van der Waals surface area contributed by atoms with Gasteiger partial charge in [0.05, 0.1) is 19.4 Å². The monoisotopic (exact) mass is 313 g/mol. The zero-order valence-corrected chi connectivity index (χ0v) is 13.1. The highest BCUT2D eigenvalue weighted by Crippen LogP contribution is 2.16. The summed E-state index contributed by atoms with van der Waals surface area (Å²) in [4.78, 5) is 23.6. The van der Waals surface area contributed by atoms with E-state index in [-0.39, 0.29) is 18.5 Å². The van der Waals surface area contributed by atoms with Crippen LogP contribution in [0.25, 0.3) is 0 Å². The van der Waals surface area contributed by atoms with Gasteiger partial charge in [-0.2, -0.15) is 4.73 Å². The Morgan fingerprint density at radius 3 is 2.50 bits per heavy atom. The van der Waals surface area contributed by atoms with Crippen LogP contribution in [0.4, 0.5) is 4.39 Å². The topological polar surface area (TPSA) is 79.5 Å². The molecule has 0 aliphatic carbocycles. The van der Waals surface area contributed by atoms with E-state index in [1.807, 2.05) is 0 Å². The number of carbonyl (C=O) groups is 2. The molecule has 0 N–H and O–H groups in total. The second-order valence-corrected chi connectivity index (χ2v) is 5.88. The van der Waals surface area contributed by atoms with E-state index >= 15 is 0 Å². The van der Waals surface area contributed by atoms with Crippen LogP contribution >= 0.6 is 0 Å². The molecule has 1 aromatic heterocycles. The SMILES string of the molecule is COC(=O)[C@@H](CC(=O)OC(C)(C)C)Cc1ccc(F)c[n+]1[O-]. The maximum absolute atomic E-state index is 12.9. The van der Waals surface area contributed by atoms with Gasteiger partial charge in [0.15, 0.2) is 11.5 Å². The summed E-state index contributed by atoms with van der Waals surface area (Å²) in [5.74, 6) is -2.75. The lowest BCUT2D eigenvalue weighted by atomic mass is 9.99. The first-order valence-electron chi connectivity index (χ1n) is 6.79. The van der Waals surface area contributed by atoms with Crippen LogP contribution in [0.3, 0.4) is 0 Å². The van der Waals surface area contributed by atoms with Crippen LogP contribution in [-0.4, -0.2) is 24.6 Å². The molecule has 7 heteroatoms. The average Bonchev–Trinajstić information content (AvgIpc) is 2.37. The van der Waals surface area contributed by atoms with E-state index in [9.17, 15) is 19.2 Å². The number of rotatable bonds is 5. The van der Waals surface area contributed by atoms with Gasteiger partial charge in [0, 0.05) is 12.5 Å². The van der Waals surface area contributed by atoms with E-state index in [2.05, 4.69) is 4.74 Å². The number of methoxy groups -OCH3 is 1. The minimum absolute atomic E-state index is 0.0459. The van der Waals surface area contributed by atoms with Gasteiger partial charge >= 0.3 is 11.9 Å². The van der Waals surface area contributed by atoms with Crippen LogP contribution in [0.1, 0.15) is 32.9 Å². The Hall–Kier alpha value is -2.18. The van der Waals surface area contributed by atoms with Crippen LogP contribution in [0, 0.1) is 16.9 Å². The third-order valence-corrected chi connectivity index (χ3v) is 2.78. The fourth-order valence-electron chi connectivity index (χ4n) is 1.89. The van der Waals surface area contributed by atoms with E-state index in [1.165, 1.54) is 13.2 Å². The second kappa shape index (κ2) is 7.20. The maximum Gasteiger partial charge on any atom is 0.309 e. The summed E-state index contributed by atoms with van der Waals surface area (Å²) in [7, 11) is 1.19. The molecule has 0 amide bonds. The van der Waals surface area contributed by atoms with Crippen molar-refractivity contribution in [2.75, 3.05) is 7.11 Å². The van der Waals surface area contributed by atoms with Crippen molar-refractivity contribution in [2.24, 2.45) is 5.92 Å². The number of hydrogen-bond donors (Lipinski definition) is 0. The molecule has 6 nitrogen and oxygen atoms in total. The third kappa shape index (κ3) is 5.67. The molecule has 1 atom stereocenters. The Bertz CT molecular complexity index is 553. The maximum atomic E-state index is 12.9. The number of nitrogens with zero attached hydrogens (tertiary/aromatic N) is 1. The first-order valence-corrected chi connectivity index (χ1v) is 6.79. The highest BCUT2D eigenvalue weighted by atomic mass is 19.1. The van der Waals surface area contributed by atoms with Gasteiger partial charge in [0.1, 0.15) is 5.60 Å². The molecule has 0 fully saturated rings. The highest BCUT2D eigenvalue weighted by molar-refractivity contribution is 5.80. The smallest absolute Gasteiger partial charge is 0.309 e. The molecule has 1 aromatic rings. The zero-order chi connectivity index (χ0) is 16.9. The fraction of sp³-hybridized carbons (Fsp3) is 0.533. The molecule has 0 radical (unpaired) electrons. The van der Waals surface area contributed by atoms with E-state index in [0.29, 0.717) is 4.73 Å². The van der Waals surface area contributed by atoms with Crippen molar-refractivity contribution in [1.82, 2.24) is 0 Å². The number of halogens is 1. The van der Waals surface area contributed by atoms with Crippen molar-refractivity contribution in [2.45, 2.75) is 39.2 Å². The standard InChI is InChI=1S/C15H20FNO5/c1-15(2,3)22-13(18)8-10(14(19)21-4)7-12-6-5-11(16)9-17(12)20/h5-6,9-10H,7-8H2,1-4H3/t10-/m1/s1. The number of aromatic nitrogens is 1. The molecule has 1 heterocycles. The van der Waals surface area contributed by atoms with Gasteiger partial charge in [-0.05, 0) is 26.8 Å². The first-order chi connectivity index (χ1) is 10.1. The molecular weight excluding hydrogens is 293 g/mol. The van der Waals surface area contributed by atoms with Gasteiger partial charge in [-0.1, -0.05) is 0 Å². The molecule has 1 rings (SSSR count). The molecule has 0 saturated heterocycles. The molecule has 22 heavy (non-hydrogen) atoms. The Morgan fingerprint density at radius 1 is 1.36 bits per heavy atom. The summed E-state index contributed by atoms with van der Waals surface area (Å²) < 4.78 is 23.1. The lowest BCUT2D eigenvalue weighted by Crippen LogP contribution is -2.35. The third-order valence-electron chi connectivity index (χ3n) is 2.78. The lowest BCUT2D eigenvalue weighted by molar-refractivity contribution is -0.616. The molecule has 0 spiro atoms. The van der Waals surface area contributed by atoms with E-state index in [4.69, 9.17) is 4.74 Å². The van der Waals surface area contributed by atoms with Gasteiger partial charge in [-0.15, -0.1) is 0 Å². The summed E-state index contributed by atoms with van der Waals surface area (Å²) in [5, 5.41) is 11.6. The predicted octanol–water partition coefficient (Wildman–Crippen LogP) is 1.52. The summed E-state index contributed by atoms with van der Waals surface area (Å²) in [6.07, 6.45) is 0.494. The van der Waals surface area contributed by atoms with E-state index in [1.54, 1.807) is 20.8 Å². The largest absolute Gasteiger partial charge is 0.618 e. The Balaban J connectivity index is 2.85. The molecule has 0 bridgehead atoms. The molecule has 0 unspecified atom stereocenters. The van der Waals surface area contributed by atoms with Gasteiger partial charge in [-0.3, -0.25) is 9.59 Å². The Morgan fingerprint density at radius 2 is 2.00 bits per heavy atom. The van der Waals surface area contributed by atoms with Crippen molar-refractivity contribution >= 4 is 11.9 Å². The molecule has 122 valence electrons. The van der Waals surface area contributed by atoms with Crippen molar-refractivity contribution in [3.05, 3.63) is 35.0 Å². The minimum atomic E-state index is -0.870. The van der Waals surface area contributed by atoms with E-state index < -0.39 is 29.3 Å². The summed E-state index contributed by atoms with van der Waals surface area (Å²) in [5.41, 5.74) is -0.508. The number of carbonyl (C=O) groups excluding carboxylic acids is 2. The van der Waals surface area contributed by atoms with Gasteiger partial charge in [-0.25, -0.2) is 4.39 Å². The van der Waals surface area contributed by atoms with Gasteiger partial charge < -0.3 is 14.7 Å². The number of hydrogen-bond acceptors (Lipinski definition) is 5. The summed E-state index contributed by atoms with van der Waals surface area (Å²) >= 11 is 0. The van der Waals surface area contributed by atoms with Crippen LogP contribution < -0.4 is 4.73 Å².